The molecule has 0 aliphatic heterocycles. The van der Waals surface area contributed by atoms with Crippen LogP contribution in [0, 0.1) is 11.3 Å². The molecule has 0 N–H and O–H groups in total. The first-order valence-corrected chi connectivity index (χ1v) is 6.26. The summed E-state index contributed by atoms with van der Waals surface area (Å²) in [5, 5.41) is 11.4. The molecule has 0 spiro atoms. The van der Waals surface area contributed by atoms with Gasteiger partial charge in [-0.25, -0.2) is 4.98 Å². The summed E-state index contributed by atoms with van der Waals surface area (Å²) in [6.07, 6.45) is 0.377. The van der Waals surface area contributed by atoms with Crippen molar-refractivity contribution in [1.29, 1.82) is 5.26 Å². The van der Waals surface area contributed by atoms with Crippen LogP contribution < -0.4 is 4.74 Å². The van der Waals surface area contributed by atoms with Crippen LogP contribution in [0.3, 0.4) is 0 Å². The van der Waals surface area contributed by atoms with Crippen molar-refractivity contribution in [2.45, 2.75) is 13.3 Å². The maximum absolute atomic E-state index is 8.60. The average Bonchev–Trinajstić information content (AvgIpc) is 2.80. The second-order valence-electron chi connectivity index (χ2n) is 3.42. The van der Waals surface area contributed by atoms with Crippen molar-refractivity contribution < 1.29 is 4.74 Å². The second-order valence-corrected chi connectivity index (χ2v) is 4.36. The molecule has 3 nitrogen and oxygen atoms in total. The van der Waals surface area contributed by atoms with Gasteiger partial charge >= 0.3 is 0 Å². The van der Waals surface area contributed by atoms with Gasteiger partial charge in [0.15, 0.2) is 0 Å². The van der Waals surface area contributed by atoms with E-state index >= 15 is 0 Å². The summed E-state index contributed by atoms with van der Waals surface area (Å²) in [7, 11) is 0. The monoisotopic (exact) mass is 244 g/mol. The maximum Gasteiger partial charge on any atom is 0.119 e. The van der Waals surface area contributed by atoms with Crippen LogP contribution in [0.2, 0.25) is 0 Å². The summed E-state index contributed by atoms with van der Waals surface area (Å²) in [6.45, 7) is 2.63. The number of ether oxygens (including phenoxy) is 1. The Morgan fingerprint density at radius 3 is 2.76 bits per heavy atom. The molecule has 0 saturated carbocycles. The third-order valence-corrected chi connectivity index (χ3v) is 3.09. The highest BCUT2D eigenvalue weighted by atomic mass is 32.1. The molecule has 1 aromatic carbocycles. The summed E-state index contributed by atoms with van der Waals surface area (Å²) in [6, 6.07) is 9.93. The zero-order valence-electron chi connectivity index (χ0n) is 9.51. The van der Waals surface area contributed by atoms with Crippen molar-refractivity contribution in [1.82, 2.24) is 4.98 Å². The van der Waals surface area contributed by atoms with Crippen LogP contribution in [0.5, 0.6) is 5.75 Å². The Hall–Kier alpha value is -1.86. The molecule has 0 atom stereocenters. The summed E-state index contributed by atoms with van der Waals surface area (Å²) in [5.41, 5.74) is 1.97. The number of thiazole rings is 1. The van der Waals surface area contributed by atoms with E-state index in [1.54, 1.807) is 0 Å². The summed E-state index contributed by atoms with van der Waals surface area (Å²) < 4.78 is 5.38. The van der Waals surface area contributed by atoms with E-state index in [1.807, 2.05) is 36.6 Å². The zero-order valence-corrected chi connectivity index (χ0v) is 10.3. The van der Waals surface area contributed by atoms with Crippen molar-refractivity contribution in [3.05, 3.63) is 34.7 Å². The largest absolute Gasteiger partial charge is 0.494 e. The number of hydrogen-bond acceptors (Lipinski definition) is 4. The lowest BCUT2D eigenvalue weighted by molar-refractivity contribution is 0.340. The summed E-state index contributed by atoms with van der Waals surface area (Å²) >= 11 is 1.52. The standard InChI is InChI=1S/C13H12N2OS/c1-2-16-11-5-3-10(4-6-11)12-9-17-13(15-12)7-8-14/h3-6,9H,2,7H2,1H3. The first-order valence-electron chi connectivity index (χ1n) is 5.38. The molecule has 0 unspecified atom stereocenters. The highest BCUT2D eigenvalue weighted by Gasteiger charge is 2.04. The molecule has 1 aromatic heterocycles. The number of nitrogens with zero attached hydrogens (tertiary/aromatic N) is 2. The van der Waals surface area contributed by atoms with Gasteiger partial charge in [-0.05, 0) is 31.2 Å². The molecule has 0 radical (unpaired) electrons. The van der Waals surface area contributed by atoms with Crippen molar-refractivity contribution in [3.8, 4) is 23.1 Å². The van der Waals surface area contributed by atoms with E-state index in [-0.39, 0.29) is 0 Å². The zero-order chi connectivity index (χ0) is 12.1. The van der Waals surface area contributed by atoms with E-state index in [0.717, 1.165) is 22.0 Å². The van der Waals surface area contributed by atoms with Crippen molar-refractivity contribution in [2.24, 2.45) is 0 Å². The lowest BCUT2D eigenvalue weighted by Crippen LogP contribution is -1.90. The van der Waals surface area contributed by atoms with E-state index in [9.17, 15) is 0 Å². The van der Waals surface area contributed by atoms with Crippen molar-refractivity contribution >= 4 is 11.3 Å². The Morgan fingerprint density at radius 1 is 1.35 bits per heavy atom. The van der Waals surface area contributed by atoms with E-state index in [4.69, 9.17) is 10.00 Å². The molecule has 86 valence electrons. The fourth-order valence-electron chi connectivity index (χ4n) is 1.48. The van der Waals surface area contributed by atoms with Crippen LogP contribution in [0.1, 0.15) is 11.9 Å². The van der Waals surface area contributed by atoms with Crippen LogP contribution in [0.4, 0.5) is 0 Å². The first kappa shape index (κ1) is 11.6. The highest BCUT2D eigenvalue weighted by Crippen LogP contribution is 2.24. The molecule has 0 bridgehead atoms. The van der Waals surface area contributed by atoms with E-state index < -0.39 is 0 Å². The van der Waals surface area contributed by atoms with E-state index in [1.165, 1.54) is 11.3 Å². The third kappa shape index (κ3) is 2.83. The minimum Gasteiger partial charge on any atom is -0.494 e. The Bertz CT molecular complexity index is 525. The molecule has 1 heterocycles. The maximum atomic E-state index is 8.60. The molecule has 0 fully saturated rings. The lowest BCUT2D eigenvalue weighted by atomic mass is 10.2. The Labute approximate surface area is 104 Å². The Morgan fingerprint density at radius 2 is 2.12 bits per heavy atom. The van der Waals surface area contributed by atoms with Crippen molar-refractivity contribution in [3.63, 3.8) is 0 Å². The van der Waals surface area contributed by atoms with Crippen LogP contribution >= 0.6 is 11.3 Å². The Balaban J connectivity index is 2.18. The molecule has 2 rings (SSSR count). The van der Waals surface area contributed by atoms with Crippen LogP contribution in [-0.2, 0) is 6.42 Å². The van der Waals surface area contributed by atoms with Gasteiger partial charge in [-0.3, -0.25) is 0 Å². The number of rotatable bonds is 4. The van der Waals surface area contributed by atoms with Gasteiger partial charge in [0.1, 0.15) is 10.8 Å². The van der Waals surface area contributed by atoms with E-state index in [2.05, 4.69) is 11.1 Å². The van der Waals surface area contributed by atoms with Crippen LogP contribution in [-0.4, -0.2) is 11.6 Å². The highest BCUT2D eigenvalue weighted by molar-refractivity contribution is 7.10. The molecule has 0 amide bonds. The van der Waals surface area contributed by atoms with Gasteiger partial charge in [0, 0.05) is 10.9 Å². The molecule has 0 aliphatic rings. The third-order valence-electron chi connectivity index (χ3n) is 2.24. The Kier molecular flexibility index (Phi) is 3.73. The van der Waals surface area contributed by atoms with Gasteiger partial charge in [0.05, 0.1) is 24.8 Å². The van der Waals surface area contributed by atoms with Crippen LogP contribution in [0.15, 0.2) is 29.6 Å². The number of nitriles is 1. The predicted molar refractivity (Wildman–Crippen MR) is 68.0 cm³/mol. The normalized spacial score (nSPS) is 9.88. The fraction of sp³-hybridized carbons (Fsp3) is 0.231. The molecule has 17 heavy (non-hydrogen) atoms. The number of hydrogen-bond donors (Lipinski definition) is 0. The van der Waals surface area contributed by atoms with Crippen LogP contribution in [0.25, 0.3) is 11.3 Å². The molecule has 4 heteroatoms. The SMILES string of the molecule is CCOc1ccc(-c2csc(CC#N)n2)cc1. The average molecular weight is 244 g/mol. The molecule has 0 saturated heterocycles. The molecular weight excluding hydrogens is 232 g/mol. The van der Waals surface area contributed by atoms with Gasteiger partial charge in [0.2, 0.25) is 0 Å². The second kappa shape index (κ2) is 5.46. The van der Waals surface area contributed by atoms with Gasteiger partial charge in [-0.2, -0.15) is 5.26 Å². The number of benzene rings is 1. The van der Waals surface area contributed by atoms with Gasteiger partial charge in [0.25, 0.3) is 0 Å². The molecule has 2 aromatic rings. The lowest BCUT2D eigenvalue weighted by Gasteiger charge is -2.02. The molecular formula is C13H12N2OS. The first-order chi connectivity index (χ1) is 8.33. The summed E-state index contributed by atoms with van der Waals surface area (Å²) in [5.74, 6) is 0.865. The quantitative estimate of drug-likeness (QED) is 0.829. The van der Waals surface area contributed by atoms with Gasteiger partial charge < -0.3 is 4.74 Å². The van der Waals surface area contributed by atoms with Gasteiger partial charge in [-0.1, -0.05) is 0 Å². The molecule has 0 aliphatic carbocycles. The minimum atomic E-state index is 0.377. The summed E-state index contributed by atoms with van der Waals surface area (Å²) in [4.78, 5) is 4.40. The topological polar surface area (TPSA) is 45.9 Å². The van der Waals surface area contributed by atoms with Crippen molar-refractivity contribution in [2.75, 3.05) is 6.61 Å². The minimum absolute atomic E-state index is 0.377. The number of aromatic nitrogens is 1. The fourth-order valence-corrected chi connectivity index (χ4v) is 2.22. The van der Waals surface area contributed by atoms with E-state index in [0.29, 0.717) is 13.0 Å². The van der Waals surface area contributed by atoms with Gasteiger partial charge in [-0.15, -0.1) is 11.3 Å². The smallest absolute Gasteiger partial charge is 0.119 e. The predicted octanol–water partition coefficient (Wildman–Crippen LogP) is 3.27.